The minimum absolute atomic E-state index is 1.04. The van der Waals surface area contributed by atoms with Gasteiger partial charge in [0.1, 0.15) is 0 Å². The standard InChI is InChI=1S/C15H18BrN3/c1-10-7-12-14(8-11(10)2)18-9-13(16)15(12)19-5-3-17-4-6-19/h7-9,17H,3-6H2,1-2H3. The van der Waals surface area contributed by atoms with Gasteiger partial charge in [0.25, 0.3) is 0 Å². The molecule has 0 amide bonds. The average molecular weight is 320 g/mol. The lowest BCUT2D eigenvalue weighted by Crippen LogP contribution is -2.43. The number of pyridine rings is 1. The lowest BCUT2D eigenvalue weighted by molar-refractivity contribution is 0.589. The first-order chi connectivity index (χ1) is 9.16. The fourth-order valence-corrected chi connectivity index (χ4v) is 3.19. The molecule has 4 heteroatoms. The Kier molecular flexibility index (Phi) is 3.46. The van der Waals surface area contributed by atoms with Crippen LogP contribution < -0.4 is 10.2 Å². The summed E-state index contributed by atoms with van der Waals surface area (Å²) in [6, 6.07) is 4.45. The Bertz CT molecular complexity index is 618. The highest BCUT2D eigenvalue weighted by atomic mass is 79.9. The summed E-state index contributed by atoms with van der Waals surface area (Å²) < 4.78 is 1.09. The first-order valence-electron chi connectivity index (χ1n) is 6.68. The second-order valence-electron chi connectivity index (χ2n) is 5.15. The van der Waals surface area contributed by atoms with Crippen molar-refractivity contribution in [1.29, 1.82) is 0 Å². The van der Waals surface area contributed by atoms with Crippen molar-refractivity contribution >= 4 is 32.5 Å². The van der Waals surface area contributed by atoms with Crippen LogP contribution in [0.4, 0.5) is 5.69 Å². The van der Waals surface area contributed by atoms with E-state index < -0.39 is 0 Å². The van der Waals surface area contributed by atoms with E-state index in [4.69, 9.17) is 0 Å². The second-order valence-corrected chi connectivity index (χ2v) is 6.00. The fourth-order valence-electron chi connectivity index (χ4n) is 2.62. The molecule has 0 saturated carbocycles. The van der Waals surface area contributed by atoms with Crippen molar-refractivity contribution in [2.45, 2.75) is 13.8 Å². The van der Waals surface area contributed by atoms with Crippen molar-refractivity contribution < 1.29 is 0 Å². The molecule has 3 rings (SSSR count). The predicted molar refractivity (Wildman–Crippen MR) is 84.0 cm³/mol. The number of rotatable bonds is 1. The van der Waals surface area contributed by atoms with Crippen LogP contribution in [0.2, 0.25) is 0 Å². The summed E-state index contributed by atoms with van der Waals surface area (Å²) in [5, 5.41) is 4.65. The first kappa shape index (κ1) is 12.9. The van der Waals surface area contributed by atoms with Gasteiger partial charge < -0.3 is 10.2 Å². The molecule has 1 N–H and O–H groups in total. The molecule has 1 saturated heterocycles. The zero-order chi connectivity index (χ0) is 13.4. The lowest BCUT2D eigenvalue weighted by Gasteiger charge is -2.31. The Hall–Kier alpha value is -1.13. The highest BCUT2D eigenvalue weighted by Gasteiger charge is 2.17. The maximum absolute atomic E-state index is 4.55. The van der Waals surface area contributed by atoms with Crippen LogP contribution in [0.15, 0.2) is 22.8 Å². The van der Waals surface area contributed by atoms with Crippen LogP contribution in [-0.2, 0) is 0 Å². The number of fused-ring (bicyclic) bond motifs is 1. The molecular formula is C15H18BrN3. The zero-order valence-corrected chi connectivity index (χ0v) is 12.9. The molecule has 1 aliphatic heterocycles. The Labute approximate surface area is 122 Å². The summed E-state index contributed by atoms with van der Waals surface area (Å²) >= 11 is 3.67. The van der Waals surface area contributed by atoms with Gasteiger partial charge in [0.05, 0.1) is 15.7 Å². The summed E-state index contributed by atoms with van der Waals surface area (Å²) in [5.41, 5.74) is 4.99. The van der Waals surface area contributed by atoms with Crippen LogP contribution in [-0.4, -0.2) is 31.2 Å². The van der Waals surface area contributed by atoms with E-state index in [0.29, 0.717) is 0 Å². The number of nitrogens with zero attached hydrogens (tertiary/aromatic N) is 2. The summed E-state index contributed by atoms with van der Waals surface area (Å²) in [5.74, 6) is 0. The third-order valence-electron chi connectivity index (χ3n) is 3.84. The molecule has 100 valence electrons. The van der Waals surface area contributed by atoms with Gasteiger partial charge in [0.15, 0.2) is 0 Å². The van der Waals surface area contributed by atoms with Crippen LogP contribution in [0.3, 0.4) is 0 Å². The topological polar surface area (TPSA) is 28.2 Å². The number of benzene rings is 1. The van der Waals surface area contributed by atoms with Crippen LogP contribution >= 0.6 is 15.9 Å². The minimum atomic E-state index is 1.04. The molecule has 0 atom stereocenters. The number of aromatic nitrogens is 1. The van der Waals surface area contributed by atoms with Gasteiger partial charge in [-0.2, -0.15) is 0 Å². The second kappa shape index (κ2) is 5.10. The van der Waals surface area contributed by atoms with Gasteiger partial charge in [0, 0.05) is 37.8 Å². The number of anilines is 1. The Morgan fingerprint density at radius 3 is 2.58 bits per heavy atom. The van der Waals surface area contributed by atoms with Crippen LogP contribution in [0, 0.1) is 13.8 Å². The van der Waals surface area contributed by atoms with E-state index in [2.05, 4.69) is 57.1 Å². The molecule has 0 bridgehead atoms. The van der Waals surface area contributed by atoms with Crippen molar-refractivity contribution in [3.8, 4) is 0 Å². The van der Waals surface area contributed by atoms with Crippen LogP contribution in [0.1, 0.15) is 11.1 Å². The molecule has 2 aromatic rings. The largest absolute Gasteiger partial charge is 0.367 e. The lowest BCUT2D eigenvalue weighted by atomic mass is 10.0. The van der Waals surface area contributed by atoms with Gasteiger partial charge in [-0.25, -0.2) is 0 Å². The highest BCUT2D eigenvalue weighted by molar-refractivity contribution is 9.10. The molecule has 0 radical (unpaired) electrons. The van der Waals surface area contributed by atoms with Crippen molar-refractivity contribution in [3.63, 3.8) is 0 Å². The quantitative estimate of drug-likeness (QED) is 0.875. The first-order valence-corrected chi connectivity index (χ1v) is 7.47. The van der Waals surface area contributed by atoms with E-state index in [9.17, 15) is 0 Å². The van der Waals surface area contributed by atoms with Gasteiger partial charge >= 0.3 is 0 Å². The zero-order valence-electron chi connectivity index (χ0n) is 11.3. The summed E-state index contributed by atoms with van der Waals surface area (Å²) in [6.45, 7) is 8.48. The maximum Gasteiger partial charge on any atom is 0.0726 e. The molecular weight excluding hydrogens is 302 g/mol. The van der Waals surface area contributed by atoms with Crippen molar-refractivity contribution in [2.24, 2.45) is 0 Å². The predicted octanol–water partition coefficient (Wildman–Crippen LogP) is 3.02. The smallest absolute Gasteiger partial charge is 0.0726 e. The van der Waals surface area contributed by atoms with E-state index in [-0.39, 0.29) is 0 Å². The van der Waals surface area contributed by atoms with Crippen molar-refractivity contribution in [3.05, 3.63) is 33.9 Å². The van der Waals surface area contributed by atoms with E-state index in [1.54, 1.807) is 0 Å². The SMILES string of the molecule is Cc1cc2ncc(Br)c(N3CCNCC3)c2cc1C. The number of nitrogens with one attached hydrogen (secondary N) is 1. The van der Waals surface area contributed by atoms with Crippen LogP contribution in [0.5, 0.6) is 0 Å². The van der Waals surface area contributed by atoms with E-state index in [1.807, 2.05) is 6.20 Å². The van der Waals surface area contributed by atoms with Crippen LogP contribution in [0.25, 0.3) is 10.9 Å². The third kappa shape index (κ3) is 2.35. The maximum atomic E-state index is 4.55. The monoisotopic (exact) mass is 319 g/mol. The van der Waals surface area contributed by atoms with Gasteiger partial charge in [-0.1, -0.05) is 0 Å². The molecule has 1 aromatic heterocycles. The molecule has 3 nitrogen and oxygen atoms in total. The van der Waals surface area contributed by atoms with E-state index in [0.717, 1.165) is 36.2 Å². The number of hydrogen-bond acceptors (Lipinski definition) is 3. The van der Waals surface area contributed by atoms with E-state index in [1.165, 1.54) is 22.2 Å². The molecule has 0 spiro atoms. The van der Waals surface area contributed by atoms with Gasteiger partial charge in [0.2, 0.25) is 0 Å². The molecule has 19 heavy (non-hydrogen) atoms. The van der Waals surface area contributed by atoms with Gasteiger partial charge in [-0.15, -0.1) is 0 Å². The third-order valence-corrected chi connectivity index (χ3v) is 4.42. The molecule has 2 heterocycles. The fraction of sp³-hybridized carbons (Fsp3) is 0.400. The van der Waals surface area contributed by atoms with Gasteiger partial charge in [-0.3, -0.25) is 4.98 Å². The summed E-state index contributed by atoms with van der Waals surface area (Å²) in [6.07, 6.45) is 1.93. The molecule has 1 fully saturated rings. The molecule has 0 aliphatic carbocycles. The molecule has 1 aromatic carbocycles. The summed E-state index contributed by atoms with van der Waals surface area (Å²) in [4.78, 5) is 6.99. The number of piperazine rings is 1. The normalized spacial score (nSPS) is 16.1. The average Bonchev–Trinajstić information content (AvgIpc) is 2.42. The Morgan fingerprint density at radius 1 is 1.16 bits per heavy atom. The minimum Gasteiger partial charge on any atom is -0.367 e. The van der Waals surface area contributed by atoms with Gasteiger partial charge in [-0.05, 0) is 53.0 Å². The molecule has 1 aliphatic rings. The number of halogens is 1. The number of hydrogen-bond donors (Lipinski definition) is 1. The van der Waals surface area contributed by atoms with Crippen molar-refractivity contribution in [1.82, 2.24) is 10.3 Å². The molecule has 0 unspecified atom stereocenters. The Morgan fingerprint density at radius 2 is 1.84 bits per heavy atom. The highest BCUT2D eigenvalue weighted by Crippen LogP contribution is 2.34. The van der Waals surface area contributed by atoms with Crippen molar-refractivity contribution in [2.75, 3.05) is 31.1 Å². The van der Waals surface area contributed by atoms with E-state index >= 15 is 0 Å². The summed E-state index contributed by atoms with van der Waals surface area (Å²) in [7, 11) is 0. The Balaban J connectivity index is 2.20. The number of aryl methyl sites for hydroxylation is 2.